The monoisotopic (exact) mass is 242 g/mol. The van der Waals surface area contributed by atoms with Gasteiger partial charge >= 0.3 is 0 Å². The normalized spacial score (nSPS) is 10.7. The summed E-state index contributed by atoms with van der Waals surface area (Å²) >= 11 is 0. The molecule has 2 N–H and O–H groups in total. The van der Waals surface area contributed by atoms with Crippen LogP contribution in [0.15, 0.2) is 30.3 Å². The summed E-state index contributed by atoms with van der Waals surface area (Å²) < 4.78 is 0. The number of aliphatic hydroxyl groups is 1. The molecule has 2 aromatic rings. The molecule has 0 heterocycles. The maximum atomic E-state index is 9.78. The van der Waals surface area contributed by atoms with Crippen LogP contribution >= 0.6 is 0 Å². The van der Waals surface area contributed by atoms with Gasteiger partial charge in [0.05, 0.1) is 6.61 Å². The summed E-state index contributed by atoms with van der Waals surface area (Å²) in [6, 6.07) is 9.98. The number of rotatable bonds is 2. The lowest BCUT2D eigenvalue weighted by Gasteiger charge is -2.10. The van der Waals surface area contributed by atoms with Crippen LogP contribution in [0.25, 0.3) is 11.1 Å². The Morgan fingerprint density at radius 1 is 0.833 bits per heavy atom. The number of hydrogen-bond acceptors (Lipinski definition) is 2. The molecule has 0 bridgehead atoms. The van der Waals surface area contributed by atoms with Crippen LogP contribution in [0, 0.1) is 20.8 Å². The second kappa shape index (κ2) is 4.83. The Morgan fingerprint density at radius 3 is 1.89 bits per heavy atom. The summed E-state index contributed by atoms with van der Waals surface area (Å²) in [7, 11) is 0. The summed E-state index contributed by atoms with van der Waals surface area (Å²) in [5.74, 6) is 0.363. The van der Waals surface area contributed by atoms with Gasteiger partial charge in [0.1, 0.15) is 5.75 Å². The van der Waals surface area contributed by atoms with Crippen LogP contribution in [0.1, 0.15) is 22.3 Å². The second-order valence-electron chi connectivity index (χ2n) is 4.76. The number of phenolic OH excluding ortho intramolecular Hbond substituents is 1. The highest BCUT2D eigenvalue weighted by Crippen LogP contribution is 2.30. The van der Waals surface area contributed by atoms with Crippen LogP contribution in [0.2, 0.25) is 0 Å². The van der Waals surface area contributed by atoms with Gasteiger partial charge in [-0.3, -0.25) is 0 Å². The first-order chi connectivity index (χ1) is 8.52. The number of aliphatic hydroxyl groups excluding tert-OH is 1. The molecule has 2 heteroatoms. The first-order valence-electron chi connectivity index (χ1n) is 6.04. The molecule has 0 saturated heterocycles. The van der Waals surface area contributed by atoms with Gasteiger partial charge in [-0.2, -0.15) is 0 Å². The zero-order valence-electron chi connectivity index (χ0n) is 11.0. The first-order valence-corrected chi connectivity index (χ1v) is 6.04. The van der Waals surface area contributed by atoms with E-state index in [2.05, 4.69) is 6.07 Å². The van der Waals surface area contributed by atoms with Crippen LogP contribution in [0.5, 0.6) is 5.75 Å². The predicted octanol–water partition coefficient (Wildman–Crippen LogP) is 3.48. The SMILES string of the molecule is Cc1cc(-c2cc(C)c(O)c(C)c2)ccc1CO. The largest absolute Gasteiger partial charge is 0.507 e. The lowest BCUT2D eigenvalue weighted by Crippen LogP contribution is -1.90. The van der Waals surface area contributed by atoms with E-state index in [1.165, 1.54) is 0 Å². The van der Waals surface area contributed by atoms with Crippen molar-refractivity contribution < 1.29 is 10.2 Å². The molecule has 2 aromatic carbocycles. The Balaban J connectivity index is 2.52. The summed E-state index contributed by atoms with van der Waals surface area (Å²) in [4.78, 5) is 0. The molecule has 0 aliphatic heterocycles. The molecule has 0 aromatic heterocycles. The zero-order valence-corrected chi connectivity index (χ0v) is 11.0. The second-order valence-corrected chi connectivity index (χ2v) is 4.76. The molecule has 18 heavy (non-hydrogen) atoms. The van der Waals surface area contributed by atoms with Gasteiger partial charge in [-0.05, 0) is 66.3 Å². The smallest absolute Gasteiger partial charge is 0.121 e. The Morgan fingerprint density at radius 2 is 1.39 bits per heavy atom. The Bertz CT molecular complexity index is 563. The van der Waals surface area contributed by atoms with Gasteiger partial charge in [-0.15, -0.1) is 0 Å². The number of benzene rings is 2. The Labute approximate surface area is 108 Å². The summed E-state index contributed by atoms with van der Waals surface area (Å²) in [5, 5.41) is 19.0. The van der Waals surface area contributed by atoms with Crippen molar-refractivity contribution in [3.63, 3.8) is 0 Å². The number of phenols is 1. The average Bonchev–Trinajstić information content (AvgIpc) is 2.35. The molecule has 0 saturated carbocycles. The van der Waals surface area contributed by atoms with Crippen molar-refractivity contribution in [2.75, 3.05) is 0 Å². The molecule has 0 radical (unpaired) electrons. The van der Waals surface area contributed by atoms with Gasteiger partial charge in [0.25, 0.3) is 0 Å². The molecule has 0 aliphatic rings. The highest BCUT2D eigenvalue weighted by atomic mass is 16.3. The van der Waals surface area contributed by atoms with E-state index in [-0.39, 0.29) is 6.61 Å². The van der Waals surface area contributed by atoms with E-state index in [4.69, 9.17) is 0 Å². The summed E-state index contributed by atoms with van der Waals surface area (Å²) in [6.07, 6.45) is 0. The van der Waals surface area contributed by atoms with E-state index >= 15 is 0 Å². The van der Waals surface area contributed by atoms with Crippen molar-refractivity contribution in [1.82, 2.24) is 0 Å². The predicted molar refractivity (Wildman–Crippen MR) is 73.7 cm³/mol. The number of aryl methyl sites for hydroxylation is 3. The van der Waals surface area contributed by atoms with Gasteiger partial charge in [0, 0.05) is 0 Å². The molecule has 2 nitrogen and oxygen atoms in total. The fourth-order valence-corrected chi connectivity index (χ4v) is 2.18. The average molecular weight is 242 g/mol. The van der Waals surface area contributed by atoms with Gasteiger partial charge in [0.15, 0.2) is 0 Å². The molecule has 0 amide bonds. The lowest BCUT2D eigenvalue weighted by molar-refractivity contribution is 0.281. The number of hydrogen-bond donors (Lipinski definition) is 2. The maximum absolute atomic E-state index is 9.78. The lowest BCUT2D eigenvalue weighted by atomic mass is 9.97. The molecule has 2 rings (SSSR count). The van der Waals surface area contributed by atoms with Crippen LogP contribution in [0.4, 0.5) is 0 Å². The van der Waals surface area contributed by atoms with E-state index < -0.39 is 0 Å². The molecule has 0 atom stereocenters. The highest BCUT2D eigenvalue weighted by molar-refractivity contribution is 5.68. The summed E-state index contributed by atoms with van der Waals surface area (Å²) in [6.45, 7) is 5.87. The number of aromatic hydroxyl groups is 1. The van der Waals surface area contributed by atoms with Gasteiger partial charge < -0.3 is 10.2 Å². The molecule has 0 spiro atoms. The minimum atomic E-state index is 0.0692. The standard InChI is InChI=1S/C16H18O2/c1-10-6-13(4-5-14(10)9-17)15-7-11(2)16(18)12(3)8-15/h4-8,17-18H,9H2,1-3H3. The molecular formula is C16H18O2. The third-order valence-electron chi connectivity index (χ3n) is 3.34. The fourth-order valence-electron chi connectivity index (χ4n) is 2.18. The minimum Gasteiger partial charge on any atom is -0.507 e. The van der Waals surface area contributed by atoms with E-state index in [9.17, 15) is 10.2 Å². The van der Waals surface area contributed by atoms with Crippen molar-refractivity contribution >= 4 is 0 Å². The van der Waals surface area contributed by atoms with Gasteiger partial charge in [-0.25, -0.2) is 0 Å². The highest BCUT2D eigenvalue weighted by Gasteiger charge is 2.06. The zero-order chi connectivity index (χ0) is 13.3. The Kier molecular flexibility index (Phi) is 3.39. The van der Waals surface area contributed by atoms with E-state index in [1.54, 1.807) is 0 Å². The van der Waals surface area contributed by atoms with E-state index in [1.807, 2.05) is 45.0 Å². The minimum absolute atomic E-state index is 0.0692. The van der Waals surface area contributed by atoms with Crippen LogP contribution in [-0.2, 0) is 6.61 Å². The molecule has 0 fully saturated rings. The Hall–Kier alpha value is -1.80. The first kappa shape index (κ1) is 12.7. The molecular weight excluding hydrogens is 224 g/mol. The van der Waals surface area contributed by atoms with Crippen molar-refractivity contribution in [2.24, 2.45) is 0 Å². The third kappa shape index (κ3) is 2.24. The van der Waals surface area contributed by atoms with Crippen LogP contribution in [-0.4, -0.2) is 10.2 Å². The van der Waals surface area contributed by atoms with Crippen LogP contribution < -0.4 is 0 Å². The quantitative estimate of drug-likeness (QED) is 0.846. The third-order valence-corrected chi connectivity index (χ3v) is 3.34. The van der Waals surface area contributed by atoms with E-state index in [0.29, 0.717) is 5.75 Å². The molecule has 0 aliphatic carbocycles. The van der Waals surface area contributed by atoms with Gasteiger partial charge in [0.2, 0.25) is 0 Å². The van der Waals surface area contributed by atoms with E-state index in [0.717, 1.165) is 33.4 Å². The van der Waals surface area contributed by atoms with Gasteiger partial charge in [-0.1, -0.05) is 18.2 Å². The van der Waals surface area contributed by atoms with Crippen LogP contribution in [0.3, 0.4) is 0 Å². The molecule has 94 valence electrons. The van der Waals surface area contributed by atoms with Crippen molar-refractivity contribution in [3.05, 3.63) is 52.6 Å². The molecule has 0 unspecified atom stereocenters. The van der Waals surface area contributed by atoms with Crippen molar-refractivity contribution in [3.8, 4) is 16.9 Å². The topological polar surface area (TPSA) is 40.5 Å². The van der Waals surface area contributed by atoms with Crippen molar-refractivity contribution in [1.29, 1.82) is 0 Å². The van der Waals surface area contributed by atoms with Crippen molar-refractivity contribution in [2.45, 2.75) is 27.4 Å². The summed E-state index contributed by atoms with van der Waals surface area (Å²) in [5.41, 5.74) is 6.00. The maximum Gasteiger partial charge on any atom is 0.121 e. The fraction of sp³-hybridized carbons (Fsp3) is 0.250.